The topological polar surface area (TPSA) is 49.4 Å². The Hall–Kier alpha value is -2.76. The van der Waals surface area contributed by atoms with Crippen LogP contribution in [0.3, 0.4) is 0 Å². The number of rotatable bonds is 6. The zero-order chi connectivity index (χ0) is 18.4. The molecule has 0 unspecified atom stereocenters. The molecule has 4 nitrogen and oxygen atoms in total. The normalized spacial score (nSPS) is 11.7. The first-order chi connectivity index (χ1) is 11.9. The van der Waals surface area contributed by atoms with Gasteiger partial charge in [0.05, 0.1) is 6.42 Å². The molecule has 2 aromatic carbocycles. The summed E-state index contributed by atoms with van der Waals surface area (Å²) in [6.07, 6.45) is 0.0445. The minimum atomic E-state index is -0.692. The minimum absolute atomic E-state index is 0.0445. The standard InChI is InChI=1S/C19H20F2N2O2/c1-13(19(25)22-2)23(12-15-5-9-17(21)10-6-15)18(24)11-14-3-7-16(20)8-4-14/h3-10,13H,11-12H2,1-2H3,(H,22,25)/t13-/m1/s1. The third-order valence-electron chi connectivity index (χ3n) is 3.95. The Kier molecular flexibility index (Phi) is 6.22. The number of nitrogens with one attached hydrogen (secondary N) is 1. The first-order valence-corrected chi connectivity index (χ1v) is 7.90. The average molecular weight is 346 g/mol. The van der Waals surface area contributed by atoms with Crippen LogP contribution >= 0.6 is 0 Å². The number of hydrogen-bond donors (Lipinski definition) is 1. The van der Waals surface area contributed by atoms with Crippen molar-refractivity contribution in [2.75, 3.05) is 7.05 Å². The van der Waals surface area contributed by atoms with Crippen molar-refractivity contribution >= 4 is 11.8 Å². The van der Waals surface area contributed by atoms with Gasteiger partial charge in [0, 0.05) is 13.6 Å². The van der Waals surface area contributed by atoms with Crippen molar-refractivity contribution in [1.82, 2.24) is 10.2 Å². The van der Waals surface area contributed by atoms with Crippen molar-refractivity contribution in [1.29, 1.82) is 0 Å². The number of carbonyl (C=O) groups excluding carboxylic acids is 2. The van der Waals surface area contributed by atoms with Crippen LogP contribution in [-0.4, -0.2) is 29.8 Å². The van der Waals surface area contributed by atoms with Crippen molar-refractivity contribution in [2.45, 2.75) is 25.9 Å². The van der Waals surface area contributed by atoms with Crippen molar-refractivity contribution in [3.63, 3.8) is 0 Å². The maximum absolute atomic E-state index is 13.1. The molecule has 0 saturated heterocycles. The first-order valence-electron chi connectivity index (χ1n) is 7.90. The molecule has 0 saturated carbocycles. The predicted molar refractivity (Wildman–Crippen MR) is 90.6 cm³/mol. The predicted octanol–water partition coefficient (Wildman–Crippen LogP) is 2.67. The number of carbonyl (C=O) groups is 2. The second kappa shape index (κ2) is 8.37. The lowest BCUT2D eigenvalue weighted by atomic mass is 10.1. The molecule has 132 valence electrons. The van der Waals surface area contributed by atoms with E-state index in [-0.39, 0.29) is 36.4 Å². The quantitative estimate of drug-likeness (QED) is 0.874. The molecular formula is C19H20F2N2O2. The summed E-state index contributed by atoms with van der Waals surface area (Å²) in [5, 5.41) is 2.52. The number of hydrogen-bond acceptors (Lipinski definition) is 2. The Balaban J connectivity index is 2.20. The molecule has 0 aliphatic carbocycles. The molecule has 0 radical (unpaired) electrons. The third kappa shape index (κ3) is 5.11. The summed E-state index contributed by atoms with van der Waals surface area (Å²) >= 11 is 0. The fourth-order valence-corrected chi connectivity index (χ4v) is 2.46. The van der Waals surface area contributed by atoms with Gasteiger partial charge in [-0.25, -0.2) is 8.78 Å². The van der Waals surface area contributed by atoms with E-state index in [1.165, 1.54) is 48.3 Å². The highest BCUT2D eigenvalue weighted by Gasteiger charge is 2.25. The molecule has 2 amide bonds. The van der Waals surface area contributed by atoms with E-state index in [1.54, 1.807) is 19.1 Å². The molecule has 2 rings (SSSR count). The lowest BCUT2D eigenvalue weighted by Gasteiger charge is -2.28. The lowest BCUT2D eigenvalue weighted by Crippen LogP contribution is -2.47. The summed E-state index contributed by atoms with van der Waals surface area (Å²) < 4.78 is 26.1. The largest absolute Gasteiger partial charge is 0.357 e. The molecule has 0 fully saturated rings. The summed E-state index contributed by atoms with van der Waals surface area (Å²) in [5.74, 6) is -1.31. The van der Waals surface area contributed by atoms with Crippen LogP contribution in [-0.2, 0) is 22.6 Å². The Bertz CT molecular complexity index is 730. The zero-order valence-electron chi connectivity index (χ0n) is 14.1. The SMILES string of the molecule is CNC(=O)[C@@H](C)N(Cc1ccc(F)cc1)C(=O)Cc1ccc(F)cc1. The number of benzene rings is 2. The molecule has 0 spiro atoms. The van der Waals surface area contributed by atoms with Crippen LogP contribution in [0.1, 0.15) is 18.1 Å². The van der Waals surface area contributed by atoms with Crippen LogP contribution in [0.4, 0.5) is 8.78 Å². The van der Waals surface area contributed by atoms with Gasteiger partial charge >= 0.3 is 0 Å². The van der Waals surface area contributed by atoms with Crippen LogP contribution in [0.15, 0.2) is 48.5 Å². The second-order valence-electron chi connectivity index (χ2n) is 5.74. The Morgan fingerprint density at radius 1 is 0.960 bits per heavy atom. The van der Waals surface area contributed by atoms with Gasteiger partial charge in [0.1, 0.15) is 17.7 Å². The fourth-order valence-electron chi connectivity index (χ4n) is 2.46. The highest BCUT2D eigenvalue weighted by atomic mass is 19.1. The monoisotopic (exact) mass is 346 g/mol. The Morgan fingerprint density at radius 2 is 1.44 bits per heavy atom. The van der Waals surface area contributed by atoms with E-state index < -0.39 is 6.04 Å². The summed E-state index contributed by atoms with van der Waals surface area (Å²) in [4.78, 5) is 26.1. The van der Waals surface area contributed by atoms with Gasteiger partial charge in [0.2, 0.25) is 11.8 Å². The lowest BCUT2D eigenvalue weighted by molar-refractivity contribution is -0.139. The van der Waals surface area contributed by atoms with Gasteiger partial charge in [-0.2, -0.15) is 0 Å². The van der Waals surface area contributed by atoms with E-state index in [4.69, 9.17) is 0 Å². The van der Waals surface area contributed by atoms with Gasteiger partial charge < -0.3 is 10.2 Å². The maximum Gasteiger partial charge on any atom is 0.242 e. The van der Waals surface area contributed by atoms with Gasteiger partial charge in [-0.05, 0) is 42.3 Å². The summed E-state index contributed by atoms with van der Waals surface area (Å²) in [6.45, 7) is 1.81. The smallest absolute Gasteiger partial charge is 0.242 e. The Labute approximate surface area is 145 Å². The van der Waals surface area contributed by atoms with Crippen molar-refractivity contribution in [3.05, 3.63) is 71.3 Å². The molecule has 1 N–H and O–H groups in total. The molecule has 0 aliphatic heterocycles. The molecule has 2 aromatic rings. The van der Waals surface area contributed by atoms with E-state index in [0.717, 1.165) is 0 Å². The molecule has 25 heavy (non-hydrogen) atoms. The van der Waals surface area contributed by atoms with Crippen LogP contribution in [0.5, 0.6) is 0 Å². The summed E-state index contributed by atoms with van der Waals surface area (Å²) in [6, 6.07) is 10.7. The van der Waals surface area contributed by atoms with Crippen LogP contribution in [0.25, 0.3) is 0 Å². The molecule has 0 bridgehead atoms. The average Bonchev–Trinajstić information content (AvgIpc) is 2.61. The number of amides is 2. The molecule has 6 heteroatoms. The first kappa shape index (κ1) is 18.6. The molecule has 1 atom stereocenters. The number of nitrogens with zero attached hydrogens (tertiary/aromatic N) is 1. The minimum Gasteiger partial charge on any atom is -0.357 e. The van der Waals surface area contributed by atoms with Gasteiger partial charge in [0.25, 0.3) is 0 Å². The van der Waals surface area contributed by atoms with Crippen LogP contribution in [0, 0.1) is 11.6 Å². The van der Waals surface area contributed by atoms with Crippen LogP contribution < -0.4 is 5.32 Å². The van der Waals surface area contributed by atoms with E-state index >= 15 is 0 Å². The van der Waals surface area contributed by atoms with E-state index in [1.807, 2.05) is 0 Å². The van der Waals surface area contributed by atoms with Gasteiger partial charge in [0.15, 0.2) is 0 Å². The summed E-state index contributed by atoms with van der Waals surface area (Å²) in [7, 11) is 1.50. The van der Waals surface area contributed by atoms with Gasteiger partial charge in [-0.1, -0.05) is 24.3 Å². The maximum atomic E-state index is 13.1. The van der Waals surface area contributed by atoms with Crippen LogP contribution in [0.2, 0.25) is 0 Å². The molecule has 0 heterocycles. The number of halogens is 2. The van der Waals surface area contributed by atoms with Gasteiger partial charge in [-0.15, -0.1) is 0 Å². The highest BCUT2D eigenvalue weighted by Crippen LogP contribution is 2.13. The summed E-state index contributed by atoms with van der Waals surface area (Å²) in [5.41, 5.74) is 1.37. The third-order valence-corrected chi connectivity index (χ3v) is 3.95. The van der Waals surface area contributed by atoms with Gasteiger partial charge in [-0.3, -0.25) is 9.59 Å². The molecular weight excluding hydrogens is 326 g/mol. The van der Waals surface area contributed by atoms with E-state index in [9.17, 15) is 18.4 Å². The van der Waals surface area contributed by atoms with Crippen molar-refractivity contribution < 1.29 is 18.4 Å². The van der Waals surface area contributed by atoms with E-state index in [2.05, 4.69) is 5.32 Å². The molecule has 0 aromatic heterocycles. The fraction of sp³-hybridized carbons (Fsp3) is 0.263. The second-order valence-corrected chi connectivity index (χ2v) is 5.74. The number of likely N-dealkylation sites (N-methyl/N-ethyl adjacent to an activating group) is 1. The highest BCUT2D eigenvalue weighted by molar-refractivity contribution is 5.88. The van der Waals surface area contributed by atoms with E-state index in [0.29, 0.717) is 11.1 Å². The Morgan fingerprint density at radius 3 is 1.92 bits per heavy atom. The molecule has 0 aliphatic rings. The van der Waals surface area contributed by atoms with Crippen molar-refractivity contribution in [2.24, 2.45) is 0 Å². The van der Waals surface area contributed by atoms with Crippen molar-refractivity contribution in [3.8, 4) is 0 Å². The zero-order valence-corrected chi connectivity index (χ0v) is 14.1.